The van der Waals surface area contributed by atoms with Crippen LogP contribution in [0, 0.1) is 47.1 Å². The van der Waals surface area contributed by atoms with Crippen molar-refractivity contribution in [2.45, 2.75) is 89.4 Å². The van der Waals surface area contributed by atoms with E-state index in [1.807, 2.05) is 18.2 Å². The van der Waals surface area contributed by atoms with Gasteiger partial charge < -0.3 is 31.9 Å². The molecule has 0 spiro atoms. The quantitative estimate of drug-likeness (QED) is 0.0435. The van der Waals surface area contributed by atoms with E-state index in [-0.39, 0.29) is 97.8 Å². The zero-order chi connectivity index (χ0) is 93.5. The largest absolute Gasteiger partial charge is 0.416 e. The van der Waals surface area contributed by atoms with Crippen LogP contribution in [0.3, 0.4) is 0 Å². The fourth-order valence-electron chi connectivity index (χ4n) is 14.0. The summed E-state index contributed by atoms with van der Waals surface area (Å²) in [5.74, 6) is -4.94. The number of anilines is 6. The number of nitrogens with zero attached hydrogens (tertiary/aromatic N) is 6. The molecule has 6 aliphatic heterocycles. The van der Waals surface area contributed by atoms with Crippen LogP contribution in [0.1, 0.15) is 88.2 Å². The minimum atomic E-state index is -4.49. The minimum absolute atomic E-state index is 0.0429. The molecule has 6 saturated heterocycles. The molecule has 6 aromatic carbocycles. The summed E-state index contributed by atoms with van der Waals surface area (Å²) in [6.45, 7) is 3.64. The van der Waals surface area contributed by atoms with Crippen molar-refractivity contribution in [1.29, 1.82) is 0 Å². The molecule has 6 fully saturated rings. The van der Waals surface area contributed by atoms with E-state index in [2.05, 4.69) is 47.8 Å². The first-order chi connectivity index (χ1) is 58.6. The Morgan fingerprint density at radius 1 is 0.310 bits per heavy atom. The lowest BCUT2D eigenvalue weighted by Crippen LogP contribution is -2.43. The van der Waals surface area contributed by atoms with E-state index >= 15 is 0 Å². The molecule has 0 aliphatic carbocycles. The van der Waals surface area contributed by atoms with E-state index < -0.39 is 119 Å². The van der Waals surface area contributed by atoms with Crippen LogP contribution in [0.5, 0.6) is 0 Å². The third kappa shape index (κ3) is 35.3. The van der Waals surface area contributed by atoms with Crippen molar-refractivity contribution in [1.82, 2.24) is 25.8 Å². The number of rotatable bonds is 18. The molecule has 6 aromatic rings. The fourth-order valence-corrected chi connectivity index (χ4v) is 20.0. The Bertz CT molecular complexity index is 5240. The fraction of sp³-hybridized carbons (Fsp3) is 0.475. The zero-order valence-corrected chi connectivity index (χ0v) is 76.8. The molecule has 696 valence electrons. The molecule has 0 bridgehead atoms. The number of hydrogen-bond donors (Lipinski definition) is 6. The van der Waals surface area contributed by atoms with Crippen molar-refractivity contribution in [2.24, 2.45) is 35.5 Å². The number of carbonyl (C=O) groups is 6. The van der Waals surface area contributed by atoms with Gasteiger partial charge in [-0.1, -0.05) is 51.8 Å². The number of piperidine rings is 6. The van der Waals surface area contributed by atoms with Crippen molar-refractivity contribution in [2.75, 3.05) is 148 Å². The van der Waals surface area contributed by atoms with Gasteiger partial charge in [0.2, 0.25) is 95.6 Å². The van der Waals surface area contributed by atoms with Crippen LogP contribution in [0.25, 0.3) is 0 Å². The third-order valence-electron chi connectivity index (χ3n) is 20.7. The molecule has 46 heteroatoms. The second-order valence-corrected chi connectivity index (χ2v) is 44.1. The Morgan fingerprint density at radius 3 is 0.825 bits per heavy atom. The molecule has 6 aliphatic rings. The predicted molar refractivity (Wildman–Crippen MR) is 468 cm³/mol. The van der Waals surface area contributed by atoms with Gasteiger partial charge in [0, 0.05) is 122 Å². The molecule has 0 aromatic heterocycles. The van der Waals surface area contributed by atoms with Gasteiger partial charge in [0.25, 0.3) is 0 Å². The number of amides is 6. The lowest BCUT2D eigenvalue weighted by atomic mass is 9.98. The normalized spacial score (nSPS) is 20.5. The van der Waals surface area contributed by atoms with Gasteiger partial charge in [0.15, 0.2) is 0 Å². The Hall–Kier alpha value is -8.19. The maximum Gasteiger partial charge on any atom is 0.416 e. The van der Waals surface area contributed by atoms with E-state index in [4.69, 9.17) is 11.6 Å². The third-order valence-corrected chi connectivity index (χ3v) is 29.0. The van der Waals surface area contributed by atoms with Crippen LogP contribution in [0.4, 0.5) is 69.2 Å². The van der Waals surface area contributed by atoms with Gasteiger partial charge in [0.1, 0.15) is 11.6 Å². The Kier molecular flexibility index (Phi) is 38.6. The van der Waals surface area contributed by atoms with Crippen LogP contribution < -0.4 is 31.9 Å². The molecule has 0 saturated carbocycles. The van der Waals surface area contributed by atoms with Crippen LogP contribution in [0.2, 0.25) is 5.02 Å². The van der Waals surface area contributed by atoms with Crippen molar-refractivity contribution < 1.29 is 114 Å². The summed E-state index contributed by atoms with van der Waals surface area (Å²) < 4.78 is 248. The first-order valence-corrected chi connectivity index (χ1v) is 51.8. The molecule has 6 amide bonds. The summed E-state index contributed by atoms with van der Waals surface area (Å²) in [5, 5.41) is 16.4. The average molecular weight is 1980 g/mol. The van der Waals surface area contributed by atoms with Gasteiger partial charge in [-0.3, -0.25) is 28.8 Å². The second-order valence-electron chi connectivity index (χ2n) is 30.9. The molecule has 12 rings (SSSR count). The predicted octanol–water partition coefficient (Wildman–Crippen LogP) is 11.5. The number of sulfonamides is 6. The second kappa shape index (κ2) is 46.4. The smallest absolute Gasteiger partial charge is 0.326 e. The summed E-state index contributed by atoms with van der Waals surface area (Å²) in [6, 6.07) is 33.8. The highest BCUT2D eigenvalue weighted by atomic mass is 79.9. The molecule has 6 N–H and O–H groups in total. The summed E-state index contributed by atoms with van der Waals surface area (Å²) in [5.41, 5.74) is 0.869. The standard InChI is InChI=1S/2C14H17F3N2O3S.C13H17BrN2O3S.C13H17ClN2O3S.2C13H17FN2O3S/c1-23(21,22)19-7-3-4-10(9-19)13(20)18-12-6-2-5-11(8-12)14(15,16)17;1-23(21,22)19-8-2-3-10(9-19)13(20)18-12-6-4-11(5-7-12)14(15,16)17;3*1-20(18,19)16-7-3-4-10(9-16)13(17)15-12-6-2-5-11(14)8-12;1-20(18,19)16-8-2-3-10(9-16)13(17)15-12-6-4-11(14)5-7-12/h2,5-6,8,10H,3-4,7,9H2,1H3,(H,18,20);4-7,10H,2-3,8-9H2,1H3,(H,18,20);3*2,5-6,8,10H,3-4,7,9H2,1H3,(H,15,17);4-7,10H,2-3,8-9H2,1H3,(H,15,17). The van der Waals surface area contributed by atoms with E-state index in [0.717, 1.165) is 53.8 Å². The Morgan fingerprint density at radius 2 is 0.556 bits per heavy atom. The van der Waals surface area contributed by atoms with Crippen LogP contribution in [0.15, 0.2) is 150 Å². The first kappa shape index (κ1) is 105. The highest BCUT2D eigenvalue weighted by Gasteiger charge is 2.38. The summed E-state index contributed by atoms with van der Waals surface area (Å²) in [4.78, 5) is 72.9. The van der Waals surface area contributed by atoms with Gasteiger partial charge in [-0.05, 0) is 198 Å². The molecule has 0 radical (unpaired) electrons. The maximum atomic E-state index is 13.0. The monoisotopic (exact) mass is 1980 g/mol. The van der Waals surface area contributed by atoms with Gasteiger partial charge in [-0.2, -0.15) is 26.3 Å². The molecular weight excluding hydrogens is 1880 g/mol. The molecule has 126 heavy (non-hydrogen) atoms. The zero-order valence-electron chi connectivity index (χ0n) is 69.6. The van der Waals surface area contributed by atoms with Gasteiger partial charge in [-0.25, -0.2) is 85.1 Å². The summed E-state index contributed by atoms with van der Waals surface area (Å²) >= 11 is 9.20. The topological polar surface area (TPSA) is 399 Å². The number of benzene rings is 6. The summed E-state index contributed by atoms with van der Waals surface area (Å²) in [7, 11) is -19.8. The first-order valence-electron chi connectivity index (χ1n) is 39.5. The molecular formula is C80H102BrClF8N12O18S6. The SMILES string of the molecule is CS(=O)(=O)N1CCCC(C(=O)Nc2ccc(C(F)(F)F)cc2)C1.CS(=O)(=O)N1CCCC(C(=O)Nc2ccc(F)cc2)C1.CS(=O)(=O)N1CCCC(C(=O)Nc2cccc(Br)c2)C1.CS(=O)(=O)N1CCCC(C(=O)Nc2cccc(C(F)(F)F)c2)C1.CS(=O)(=O)N1CCCC(C(=O)Nc2cccc(Cl)c2)C1.CS(=O)(=O)N1CCCC(C(=O)Nc2cccc(F)c2)C1. The molecule has 30 nitrogen and oxygen atoms in total. The highest BCUT2D eigenvalue weighted by molar-refractivity contribution is 9.10. The number of halogens is 10. The van der Waals surface area contributed by atoms with E-state index in [1.165, 1.54) is 105 Å². The molecule has 6 heterocycles. The minimum Gasteiger partial charge on any atom is -0.326 e. The lowest BCUT2D eigenvalue weighted by molar-refractivity contribution is -0.138. The molecule has 6 unspecified atom stereocenters. The van der Waals surface area contributed by atoms with Gasteiger partial charge in [-0.15, -0.1) is 0 Å². The van der Waals surface area contributed by atoms with Crippen molar-refractivity contribution in [3.8, 4) is 0 Å². The number of hydrogen-bond acceptors (Lipinski definition) is 18. The average Bonchev–Trinajstić information content (AvgIpc) is 0.853. The van der Waals surface area contributed by atoms with Crippen molar-refractivity contribution in [3.05, 3.63) is 178 Å². The van der Waals surface area contributed by atoms with Crippen LogP contribution in [-0.2, 0) is 101 Å². The highest BCUT2D eigenvalue weighted by Crippen LogP contribution is 2.34. The van der Waals surface area contributed by atoms with E-state index in [9.17, 15) is 114 Å². The van der Waals surface area contributed by atoms with Gasteiger partial charge >= 0.3 is 12.4 Å². The maximum absolute atomic E-state index is 13.0. The Labute approximate surface area is 743 Å². The molecule has 6 atom stereocenters. The number of carbonyl (C=O) groups excluding carboxylic acids is 6. The van der Waals surface area contributed by atoms with E-state index in [0.29, 0.717) is 144 Å². The number of alkyl halides is 6. The number of nitrogens with one attached hydrogen (secondary N) is 6. The van der Waals surface area contributed by atoms with E-state index in [1.54, 1.807) is 36.4 Å². The van der Waals surface area contributed by atoms with Crippen LogP contribution >= 0.6 is 27.5 Å². The van der Waals surface area contributed by atoms with Crippen LogP contribution in [-0.4, -0.2) is 228 Å². The van der Waals surface area contributed by atoms with Gasteiger partial charge in [0.05, 0.1) is 84.2 Å². The van der Waals surface area contributed by atoms with Crippen molar-refractivity contribution in [3.63, 3.8) is 0 Å². The van der Waals surface area contributed by atoms with Crippen molar-refractivity contribution >= 4 is 157 Å². The summed E-state index contributed by atoms with van der Waals surface area (Å²) in [6.07, 6.45) is 5.42. The Balaban J connectivity index is 0.000000208. The lowest BCUT2D eigenvalue weighted by Gasteiger charge is -2.30.